The molecule has 0 aromatic heterocycles. The number of piperidine rings is 1. The van der Waals surface area contributed by atoms with Crippen LogP contribution in [0.25, 0.3) is 0 Å². The predicted octanol–water partition coefficient (Wildman–Crippen LogP) is 3.30. The van der Waals surface area contributed by atoms with E-state index in [1.807, 2.05) is 0 Å². The molecule has 0 radical (unpaired) electrons. The molecule has 0 spiro atoms. The molecule has 1 aromatic rings. The summed E-state index contributed by atoms with van der Waals surface area (Å²) < 4.78 is 0. The van der Waals surface area contributed by atoms with Gasteiger partial charge in [-0.15, -0.1) is 0 Å². The third-order valence-corrected chi connectivity index (χ3v) is 4.97. The van der Waals surface area contributed by atoms with E-state index in [0.717, 1.165) is 18.5 Å². The third-order valence-electron chi connectivity index (χ3n) is 4.97. The summed E-state index contributed by atoms with van der Waals surface area (Å²) in [7, 11) is 0. The van der Waals surface area contributed by atoms with E-state index >= 15 is 0 Å². The molecule has 2 fully saturated rings. The van der Waals surface area contributed by atoms with E-state index in [1.165, 1.54) is 56.2 Å². The second-order valence-electron chi connectivity index (χ2n) is 6.25. The van der Waals surface area contributed by atoms with Crippen molar-refractivity contribution >= 4 is 0 Å². The van der Waals surface area contributed by atoms with Gasteiger partial charge in [-0.1, -0.05) is 37.1 Å². The molecule has 1 aliphatic carbocycles. The maximum Gasteiger partial charge on any atom is 0.0236 e. The van der Waals surface area contributed by atoms with Gasteiger partial charge < -0.3 is 5.73 Å². The summed E-state index contributed by atoms with van der Waals surface area (Å²) in [6, 6.07) is 9.67. The molecule has 2 heteroatoms. The summed E-state index contributed by atoms with van der Waals surface area (Å²) in [5.41, 5.74) is 8.44. The second-order valence-corrected chi connectivity index (χ2v) is 6.25. The van der Waals surface area contributed by atoms with Crippen molar-refractivity contribution in [2.24, 2.45) is 11.7 Å². The Morgan fingerprint density at radius 1 is 1.05 bits per heavy atom. The fourth-order valence-electron chi connectivity index (χ4n) is 4.01. The van der Waals surface area contributed by atoms with Crippen molar-refractivity contribution in [2.75, 3.05) is 6.54 Å². The molecule has 104 valence electrons. The number of benzene rings is 1. The molecule has 19 heavy (non-hydrogen) atoms. The maximum absolute atomic E-state index is 5.74. The molecular formula is C17H26N2. The van der Waals surface area contributed by atoms with E-state index in [-0.39, 0.29) is 0 Å². The van der Waals surface area contributed by atoms with Crippen molar-refractivity contribution in [3.8, 4) is 0 Å². The average molecular weight is 258 g/mol. The van der Waals surface area contributed by atoms with Crippen LogP contribution in [-0.4, -0.2) is 17.5 Å². The SMILES string of the molecule is NCc1cccc(CN2CCC[C@H]3CCCC[C@H]32)c1. The fraction of sp³-hybridized carbons (Fsp3) is 0.647. The van der Waals surface area contributed by atoms with Crippen LogP contribution in [0, 0.1) is 5.92 Å². The van der Waals surface area contributed by atoms with Crippen molar-refractivity contribution in [3.05, 3.63) is 35.4 Å². The van der Waals surface area contributed by atoms with Crippen LogP contribution in [0.3, 0.4) is 0 Å². The van der Waals surface area contributed by atoms with Crippen LogP contribution < -0.4 is 5.73 Å². The normalized spacial score (nSPS) is 28.1. The highest BCUT2D eigenvalue weighted by molar-refractivity contribution is 5.23. The zero-order valence-corrected chi connectivity index (χ0v) is 11.9. The molecule has 2 atom stereocenters. The first-order valence-electron chi connectivity index (χ1n) is 7.89. The van der Waals surface area contributed by atoms with E-state index in [9.17, 15) is 0 Å². The van der Waals surface area contributed by atoms with Crippen molar-refractivity contribution in [1.82, 2.24) is 4.90 Å². The lowest BCUT2D eigenvalue weighted by Gasteiger charge is -2.44. The summed E-state index contributed by atoms with van der Waals surface area (Å²) in [6.45, 7) is 3.06. The van der Waals surface area contributed by atoms with Gasteiger partial charge in [0.25, 0.3) is 0 Å². The number of rotatable bonds is 3. The number of likely N-dealkylation sites (tertiary alicyclic amines) is 1. The Labute approximate surface area is 117 Å². The van der Waals surface area contributed by atoms with Gasteiger partial charge in [0.15, 0.2) is 0 Å². The van der Waals surface area contributed by atoms with Gasteiger partial charge in [0, 0.05) is 19.1 Å². The topological polar surface area (TPSA) is 29.3 Å². The number of hydrogen-bond acceptors (Lipinski definition) is 2. The summed E-state index contributed by atoms with van der Waals surface area (Å²) in [4.78, 5) is 2.74. The molecule has 1 saturated heterocycles. The lowest BCUT2D eigenvalue weighted by Crippen LogP contribution is -2.46. The Morgan fingerprint density at radius 2 is 1.84 bits per heavy atom. The summed E-state index contributed by atoms with van der Waals surface area (Å²) in [6.07, 6.45) is 8.62. The van der Waals surface area contributed by atoms with E-state index in [4.69, 9.17) is 5.73 Å². The molecule has 1 saturated carbocycles. The Balaban J connectivity index is 1.70. The molecule has 0 unspecified atom stereocenters. The lowest BCUT2D eigenvalue weighted by atomic mass is 9.78. The van der Waals surface area contributed by atoms with Gasteiger partial charge in [0.2, 0.25) is 0 Å². The highest BCUT2D eigenvalue weighted by Gasteiger charge is 2.32. The van der Waals surface area contributed by atoms with Crippen LogP contribution in [0.5, 0.6) is 0 Å². The average Bonchev–Trinajstić information content (AvgIpc) is 2.48. The van der Waals surface area contributed by atoms with Crippen LogP contribution in [0.2, 0.25) is 0 Å². The van der Waals surface area contributed by atoms with Gasteiger partial charge in [-0.05, 0) is 49.3 Å². The standard InChI is InChI=1S/C17H26N2/c18-12-14-5-3-6-15(11-14)13-19-10-4-8-16-7-1-2-9-17(16)19/h3,5-6,11,16-17H,1-2,4,7-10,12-13,18H2/t16-,17-/m1/s1. The second kappa shape index (κ2) is 6.06. The van der Waals surface area contributed by atoms with Crippen LogP contribution in [0.1, 0.15) is 49.7 Å². The van der Waals surface area contributed by atoms with E-state index in [1.54, 1.807) is 0 Å². The molecule has 1 aromatic carbocycles. The summed E-state index contributed by atoms with van der Waals surface area (Å²) >= 11 is 0. The first-order valence-corrected chi connectivity index (χ1v) is 7.89. The minimum Gasteiger partial charge on any atom is -0.326 e. The molecular weight excluding hydrogens is 232 g/mol. The Hall–Kier alpha value is -0.860. The molecule has 0 amide bonds. The lowest BCUT2D eigenvalue weighted by molar-refractivity contribution is 0.0547. The van der Waals surface area contributed by atoms with E-state index < -0.39 is 0 Å². The molecule has 0 bridgehead atoms. The largest absolute Gasteiger partial charge is 0.326 e. The van der Waals surface area contributed by atoms with Gasteiger partial charge in [-0.2, -0.15) is 0 Å². The van der Waals surface area contributed by atoms with Gasteiger partial charge >= 0.3 is 0 Å². The first-order chi connectivity index (χ1) is 9.36. The van der Waals surface area contributed by atoms with Gasteiger partial charge in [-0.3, -0.25) is 4.90 Å². The third kappa shape index (κ3) is 3.01. The molecule has 2 aliphatic rings. The zero-order chi connectivity index (χ0) is 13.1. The first kappa shape index (κ1) is 13.1. The highest BCUT2D eigenvalue weighted by atomic mass is 15.2. The molecule has 2 N–H and O–H groups in total. The fourth-order valence-corrected chi connectivity index (χ4v) is 4.01. The number of fused-ring (bicyclic) bond motifs is 1. The van der Waals surface area contributed by atoms with Crippen molar-refractivity contribution in [1.29, 1.82) is 0 Å². The highest BCUT2D eigenvalue weighted by Crippen LogP contribution is 2.35. The van der Waals surface area contributed by atoms with Crippen molar-refractivity contribution in [2.45, 2.75) is 57.7 Å². The summed E-state index contributed by atoms with van der Waals surface area (Å²) in [5, 5.41) is 0. The van der Waals surface area contributed by atoms with Gasteiger partial charge in [0.1, 0.15) is 0 Å². The summed E-state index contributed by atoms with van der Waals surface area (Å²) in [5.74, 6) is 0.972. The van der Waals surface area contributed by atoms with Crippen molar-refractivity contribution < 1.29 is 0 Å². The van der Waals surface area contributed by atoms with E-state index in [0.29, 0.717) is 6.54 Å². The Morgan fingerprint density at radius 3 is 2.74 bits per heavy atom. The molecule has 2 nitrogen and oxygen atoms in total. The molecule has 1 heterocycles. The quantitative estimate of drug-likeness (QED) is 0.901. The monoisotopic (exact) mass is 258 g/mol. The van der Waals surface area contributed by atoms with Gasteiger partial charge in [0.05, 0.1) is 0 Å². The minimum atomic E-state index is 0.653. The smallest absolute Gasteiger partial charge is 0.0236 e. The number of hydrogen-bond donors (Lipinski definition) is 1. The number of nitrogens with zero attached hydrogens (tertiary/aromatic N) is 1. The van der Waals surface area contributed by atoms with Crippen LogP contribution in [-0.2, 0) is 13.1 Å². The van der Waals surface area contributed by atoms with Crippen molar-refractivity contribution in [3.63, 3.8) is 0 Å². The van der Waals surface area contributed by atoms with Crippen LogP contribution >= 0.6 is 0 Å². The zero-order valence-electron chi connectivity index (χ0n) is 11.9. The van der Waals surface area contributed by atoms with Crippen LogP contribution in [0.15, 0.2) is 24.3 Å². The Kier molecular flexibility index (Phi) is 4.19. The van der Waals surface area contributed by atoms with Gasteiger partial charge in [-0.25, -0.2) is 0 Å². The molecule has 3 rings (SSSR count). The molecule has 1 aliphatic heterocycles. The van der Waals surface area contributed by atoms with Crippen LogP contribution in [0.4, 0.5) is 0 Å². The Bertz CT molecular complexity index is 413. The minimum absolute atomic E-state index is 0.653. The number of nitrogens with two attached hydrogens (primary N) is 1. The van der Waals surface area contributed by atoms with E-state index in [2.05, 4.69) is 29.2 Å². The maximum atomic E-state index is 5.74. The predicted molar refractivity (Wildman–Crippen MR) is 79.7 cm³/mol.